The molecule has 10 nitrogen and oxygen atoms in total. The predicted octanol–water partition coefficient (Wildman–Crippen LogP) is 5.30. The van der Waals surface area contributed by atoms with E-state index < -0.39 is 12.1 Å². The van der Waals surface area contributed by atoms with E-state index in [-0.39, 0.29) is 36.5 Å². The van der Waals surface area contributed by atoms with Gasteiger partial charge in [-0.1, -0.05) is 60.7 Å². The number of nitrogens with one attached hydrogen (secondary N) is 2. The van der Waals surface area contributed by atoms with Crippen LogP contribution < -0.4 is 29.9 Å². The standard InChI is InChI=1S/C40H46N4O6S/c1-43(31-15-19-33(49-3)20-16-31)39(47)35(27-29-11-7-5-8-12-29)41-37(45)23-25-51-26-24-38(46)42-36(28-30-13-9-6-10-14-30)40(48)44(2)32-17-21-34(50-4)22-18-32/h5-22,35-36H,23-28H2,1-4H3,(H,41,45)(H,42,46)/t35-,36?/m0/s1. The first-order valence-corrected chi connectivity index (χ1v) is 17.9. The van der Waals surface area contributed by atoms with Gasteiger partial charge < -0.3 is 29.9 Å². The maximum absolute atomic E-state index is 13.6. The third-order valence-electron chi connectivity index (χ3n) is 8.36. The zero-order valence-corrected chi connectivity index (χ0v) is 30.4. The molecule has 0 aliphatic rings. The molecule has 0 aliphatic heterocycles. The Morgan fingerprint density at radius 2 is 0.922 bits per heavy atom. The van der Waals surface area contributed by atoms with E-state index in [0.29, 0.717) is 47.2 Å². The van der Waals surface area contributed by atoms with E-state index in [1.54, 1.807) is 76.8 Å². The van der Waals surface area contributed by atoms with E-state index in [9.17, 15) is 19.2 Å². The van der Waals surface area contributed by atoms with E-state index in [1.807, 2.05) is 60.7 Å². The molecule has 0 radical (unpaired) electrons. The lowest BCUT2D eigenvalue weighted by Gasteiger charge is -2.25. The average molecular weight is 711 g/mol. The Morgan fingerprint density at radius 1 is 0.569 bits per heavy atom. The number of likely N-dealkylation sites (N-methyl/N-ethyl adjacent to an activating group) is 2. The Labute approximate surface area is 304 Å². The van der Waals surface area contributed by atoms with Crippen LogP contribution in [-0.4, -0.2) is 75.5 Å². The molecule has 4 amide bonds. The largest absolute Gasteiger partial charge is 0.497 e. The van der Waals surface area contributed by atoms with Crippen molar-refractivity contribution in [3.63, 3.8) is 0 Å². The highest BCUT2D eigenvalue weighted by Crippen LogP contribution is 2.21. The number of nitrogens with zero attached hydrogens (tertiary/aromatic N) is 2. The minimum atomic E-state index is -0.766. The second kappa shape index (κ2) is 19.8. The van der Waals surface area contributed by atoms with Crippen molar-refractivity contribution in [3.05, 3.63) is 120 Å². The van der Waals surface area contributed by atoms with E-state index in [1.165, 1.54) is 21.6 Å². The van der Waals surface area contributed by atoms with Gasteiger partial charge >= 0.3 is 0 Å². The highest BCUT2D eigenvalue weighted by Gasteiger charge is 2.27. The molecular weight excluding hydrogens is 665 g/mol. The molecule has 2 atom stereocenters. The zero-order valence-electron chi connectivity index (χ0n) is 29.5. The number of hydrogen-bond acceptors (Lipinski definition) is 7. The molecular formula is C40H46N4O6S. The van der Waals surface area contributed by atoms with Gasteiger partial charge in [0.25, 0.3) is 0 Å². The number of hydrogen-bond donors (Lipinski definition) is 2. The van der Waals surface area contributed by atoms with Crippen LogP contribution in [0.3, 0.4) is 0 Å². The summed E-state index contributed by atoms with van der Waals surface area (Å²) >= 11 is 1.47. The monoisotopic (exact) mass is 710 g/mol. The van der Waals surface area contributed by atoms with E-state index in [2.05, 4.69) is 10.6 Å². The molecule has 4 rings (SSSR count). The van der Waals surface area contributed by atoms with Crippen LogP contribution in [0.15, 0.2) is 109 Å². The molecule has 4 aromatic carbocycles. The average Bonchev–Trinajstić information content (AvgIpc) is 3.17. The summed E-state index contributed by atoms with van der Waals surface area (Å²) < 4.78 is 10.5. The van der Waals surface area contributed by atoms with Gasteiger partial charge in [0.15, 0.2) is 0 Å². The van der Waals surface area contributed by atoms with Crippen molar-refractivity contribution in [1.29, 1.82) is 0 Å². The quantitative estimate of drug-likeness (QED) is 0.135. The van der Waals surface area contributed by atoms with Crippen LogP contribution in [0.25, 0.3) is 0 Å². The number of thioether (sulfide) groups is 1. The zero-order chi connectivity index (χ0) is 36.6. The fourth-order valence-corrected chi connectivity index (χ4v) is 6.26. The lowest BCUT2D eigenvalue weighted by molar-refractivity contribution is -0.127. The Hall–Kier alpha value is -5.29. The summed E-state index contributed by atoms with van der Waals surface area (Å²) in [5.41, 5.74) is 3.22. The van der Waals surface area contributed by atoms with Crippen molar-refractivity contribution in [3.8, 4) is 11.5 Å². The molecule has 0 saturated heterocycles. The van der Waals surface area contributed by atoms with Crippen LogP contribution in [0.4, 0.5) is 11.4 Å². The van der Waals surface area contributed by atoms with Crippen molar-refractivity contribution < 1.29 is 28.7 Å². The Bertz CT molecular complexity index is 1580. The first-order valence-electron chi connectivity index (χ1n) is 16.8. The highest BCUT2D eigenvalue weighted by atomic mass is 32.2. The van der Waals surface area contributed by atoms with Gasteiger partial charge in [-0.3, -0.25) is 19.2 Å². The molecule has 268 valence electrons. The molecule has 1 unspecified atom stereocenters. The minimum absolute atomic E-state index is 0.179. The normalized spacial score (nSPS) is 11.8. The van der Waals surface area contributed by atoms with Gasteiger partial charge in [0.1, 0.15) is 23.6 Å². The summed E-state index contributed by atoms with van der Waals surface area (Å²) in [6, 6.07) is 31.9. The number of carbonyl (C=O) groups excluding carboxylic acids is 4. The number of methoxy groups -OCH3 is 2. The summed E-state index contributed by atoms with van der Waals surface area (Å²) in [6.07, 6.45) is 1.04. The van der Waals surface area contributed by atoms with Crippen LogP contribution in [0.1, 0.15) is 24.0 Å². The van der Waals surface area contributed by atoms with Crippen LogP contribution in [-0.2, 0) is 32.0 Å². The Kier molecular flexibility index (Phi) is 14.9. The van der Waals surface area contributed by atoms with Crippen molar-refractivity contribution in [2.45, 2.75) is 37.8 Å². The number of rotatable bonds is 18. The Morgan fingerprint density at radius 3 is 1.25 bits per heavy atom. The fourth-order valence-electron chi connectivity index (χ4n) is 5.40. The fraction of sp³-hybridized carbons (Fsp3) is 0.300. The van der Waals surface area contributed by atoms with Gasteiger partial charge in [-0.05, 0) is 59.7 Å². The van der Waals surface area contributed by atoms with E-state index in [4.69, 9.17) is 9.47 Å². The van der Waals surface area contributed by atoms with Gasteiger partial charge in [0, 0.05) is 62.7 Å². The first kappa shape index (κ1) is 38.5. The Balaban J connectivity index is 1.29. The first-order chi connectivity index (χ1) is 24.7. The lowest BCUT2D eigenvalue weighted by Crippen LogP contribution is -2.49. The summed E-state index contributed by atoms with van der Waals surface area (Å²) in [4.78, 5) is 56.4. The second-order valence-corrected chi connectivity index (χ2v) is 13.1. The maximum atomic E-state index is 13.6. The molecule has 0 aromatic heterocycles. The van der Waals surface area contributed by atoms with Gasteiger partial charge in [-0.15, -0.1) is 0 Å². The molecule has 0 aliphatic carbocycles. The number of amides is 4. The topological polar surface area (TPSA) is 117 Å². The molecule has 4 aromatic rings. The molecule has 0 spiro atoms. The smallest absolute Gasteiger partial charge is 0.249 e. The van der Waals surface area contributed by atoms with Crippen LogP contribution in [0, 0.1) is 0 Å². The van der Waals surface area contributed by atoms with Gasteiger partial charge in [0.2, 0.25) is 23.6 Å². The summed E-state index contributed by atoms with van der Waals surface area (Å²) in [6.45, 7) is 0. The summed E-state index contributed by atoms with van der Waals surface area (Å²) in [7, 11) is 6.53. The van der Waals surface area contributed by atoms with Crippen molar-refractivity contribution >= 4 is 46.8 Å². The molecule has 0 bridgehead atoms. The molecule has 0 fully saturated rings. The molecule has 2 N–H and O–H groups in total. The van der Waals surface area contributed by atoms with Crippen molar-refractivity contribution in [2.75, 3.05) is 49.6 Å². The predicted molar refractivity (Wildman–Crippen MR) is 204 cm³/mol. The van der Waals surface area contributed by atoms with Crippen LogP contribution >= 0.6 is 11.8 Å². The van der Waals surface area contributed by atoms with Gasteiger partial charge in [-0.2, -0.15) is 11.8 Å². The lowest BCUT2D eigenvalue weighted by atomic mass is 10.0. The van der Waals surface area contributed by atoms with E-state index in [0.717, 1.165) is 11.1 Å². The number of ether oxygens (including phenoxy) is 2. The molecule has 0 saturated carbocycles. The van der Waals surface area contributed by atoms with Gasteiger partial charge in [-0.25, -0.2) is 0 Å². The van der Waals surface area contributed by atoms with Crippen LogP contribution in [0.5, 0.6) is 11.5 Å². The number of anilines is 2. The summed E-state index contributed by atoms with van der Waals surface area (Å²) in [5, 5.41) is 5.87. The third kappa shape index (κ3) is 11.9. The molecule has 11 heteroatoms. The molecule has 51 heavy (non-hydrogen) atoms. The number of benzene rings is 4. The van der Waals surface area contributed by atoms with Gasteiger partial charge in [0.05, 0.1) is 14.2 Å². The SMILES string of the molecule is COc1ccc(N(C)C(=O)C(Cc2ccccc2)NC(=O)CCSCCC(=O)N[C@@H](Cc2ccccc2)C(=O)N(C)c2ccc(OC)cc2)cc1. The number of carbonyl (C=O) groups is 4. The van der Waals surface area contributed by atoms with E-state index >= 15 is 0 Å². The van der Waals surface area contributed by atoms with Crippen molar-refractivity contribution in [1.82, 2.24) is 10.6 Å². The minimum Gasteiger partial charge on any atom is -0.497 e. The van der Waals surface area contributed by atoms with Crippen LogP contribution in [0.2, 0.25) is 0 Å². The summed E-state index contributed by atoms with van der Waals surface area (Å²) in [5.74, 6) is 1.32. The molecule has 0 heterocycles. The highest BCUT2D eigenvalue weighted by molar-refractivity contribution is 7.99. The maximum Gasteiger partial charge on any atom is 0.249 e. The van der Waals surface area contributed by atoms with Crippen molar-refractivity contribution in [2.24, 2.45) is 0 Å². The second-order valence-electron chi connectivity index (χ2n) is 11.9. The third-order valence-corrected chi connectivity index (χ3v) is 9.35.